The molecule has 0 unspecified atom stereocenters. The van der Waals surface area contributed by atoms with Gasteiger partial charge >= 0.3 is 6.18 Å². The number of hydrogen-bond donors (Lipinski definition) is 3. The summed E-state index contributed by atoms with van der Waals surface area (Å²) in [5.41, 5.74) is 5.35. The number of rotatable bonds is 2. The summed E-state index contributed by atoms with van der Waals surface area (Å²) in [5, 5.41) is 17.5. The molecule has 2 aromatic carbocycles. The van der Waals surface area contributed by atoms with E-state index in [1.807, 2.05) is 0 Å². The molecule has 0 radical (unpaired) electrons. The van der Waals surface area contributed by atoms with E-state index in [9.17, 15) is 13.2 Å². The summed E-state index contributed by atoms with van der Waals surface area (Å²) in [4.78, 5) is 0. The van der Waals surface area contributed by atoms with Crippen LogP contribution >= 0.6 is 0 Å². The summed E-state index contributed by atoms with van der Waals surface area (Å²) >= 11 is 0. The van der Waals surface area contributed by atoms with Crippen LogP contribution in [0.4, 0.5) is 19.0 Å². The van der Waals surface area contributed by atoms with Gasteiger partial charge in [-0.25, -0.2) is 0 Å². The summed E-state index contributed by atoms with van der Waals surface area (Å²) in [6, 6.07) is 12.6. The van der Waals surface area contributed by atoms with Crippen molar-refractivity contribution in [2.75, 3.05) is 5.32 Å². The number of guanidine groups is 1. The molecule has 122 valence electrons. The van der Waals surface area contributed by atoms with Crippen molar-refractivity contribution in [3.05, 3.63) is 54.1 Å². The molecule has 3 rings (SSSR count). The van der Waals surface area contributed by atoms with Gasteiger partial charge in [0.15, 0.2) is 11.8 Å². The number of nitrogens with two attached hydrogens (primary N) is 1. The molecule has 0 aliphatic carbocycles. The standard InChI is InChI=1S/C16H12F3N5/c17-16(18,19)11-8-4-7-10-12(11)14(22-15(20)21)24-23-13(10)9-5-2-1-3-6-9/h1-8H,(H4,20,21,22,24). The summed E-state index contributed by atoms with van der Waals surface area (Å²) in [5.74, 6) is -0.722. The Morgan fingerprint density at radius 1 is 1.00 bits per heavy atom. The Kier molecular flexibility index (Phi) is 3.80. The van der Waals surface area contributed by atoms with Crippen LogP contribution in [0.15, 0.2) is 48.5 Å². The molecule has 0 saturated carbocycles. The van der Waals surface area contributed by atoms with Crippen molar-refractivity contribution in [3.63, 3.8) is 0 Å². The maximum atomic E-state index is 13.4. The van der Waals surface area contributed by atoms with Crippen LogP contribution in [0.2, 0.25) is 0 Å². The molecule has 8 heteroatoms. The molecule has 0 saturated heterocycles. The molecule has 0 spiro atoms. The Labute approximate surface area is 134 Å². The van der Waals surface area contributed by atoms with Gasteiger partial charge in [0, 0.05) is 16.3 Å². The molecule has 4 N–H and O–H groups in total. The Morgan fingerprint density at radius 2 is 1.71 bits per heavy atom. The number of aromatic nitrogens is 2. The Hall–Kier alpha value is -3.16. The van der Waals surface area contributed by atoms with Gasteiger partial charge < -0.3 is 11.1 Å². The number of anilines is 1. The van der Waals surface area contributed by atoms with Crippen LogP contribution in [0.25, 0.3) is 22.0 Å². The van der Waals surface area contributed by atoms with Crippen molar-refractivity contribution in [2.45, 2.75) is 6.18 Å². The summed E-state index contributed by atoms with van der Waals surface area (Å²) in [7, 11) is 0. The van der Waals surface area contributed by atoms with E-state index < -0.39 is 17.7 Å². The van der Waals surface area contributed by atoms with E-state index in [4.69, 9.17) is 11.1 Å². The van der Waals surface area contributed by atoms with Crippen molar-refractivity contribution in [1.29, 1.82) is 5.41 Å². The van der Waals surface area contributed by atoms with E-state index in [2.05, 4.69) is 15.5 Å². The number of alkyl halides is 3. The number of halogens is 3. The quantitative estimate of drug-likeness (QED) is 0.494. The molecule has 0 fully saturated rings. The second kappa shape index (κ2) is 5.80. The van der Waals surface area contributed by atoms with Gasteiger partial charge in [0.2, 0.25) is 0 Å². The topological polar surface area (TPSA) is 87.7 Å². The van der Waals surface area contributed by atoms with Crippen LogP contribution < -0.4 is 11.1 Å². The molecule has 3 aromatic rings. The molecule has 0 aliphatic rings. The minimum atomic E-state index is -4.58. The van der Waals surface area contributed by atoms with Crippen LogP contribution in [0, 0.1) is 5.41 Å². The van der Waals surface area contributed by atoms with Crippen molar-refractivity contribution in [3.8, 4) is 11.3 Å². The number of fused-ring (bicyclic) bond motifs is 1. The number of nitrogens with one attached hydrogen (secondary N) is 2. The van der Waals surface area contributed by atoms with Crippen molar-refractivity contribution < 1.29 is 13.2 Å². The number of hydrogen-bond acceptors (Lipinski definition) is 3. The second-order valence-corrected chi connectivity index (χ2v) is 5.03. The first-order chi connectivity index (χ1) is 11.4. The highest BCUT2D eigenvalue weighted by Crippen LogP contribution is 2.39. The minimum Gasteiger partial charge on any atom is -0.370 e. The monoisotopic (exact) mass is 331 g/mol. The van der Waals surface area contributed by atoms with Crippen LogP contribution in [0.1, 0.15) is 5.56 Å². The van der Waals surface area contributed by atoms with Gasteiger partial charge in [0.1, 0.15) is 5.69 Å². The summed E-state index contributed by atoms with van der Waals surface area (Å²) in [6.45, 7) is 0. The van der Waals surface area contributed by atoms with Gasteiger partial charge in [-0.2, -0.15) is 13.2 Å². The highest BCUT2D eigenvalue weighted by Gasteiger charge is 2.34. The smallest absolute Gasteiger partial charge is 0.370 e. The summed E-state index contributed by atoms with van der Waals surface area (Å²) in [6.07, 6.45) is -4.58. The SMILES string of the molecule is N=C(N)Nc1nnc(-c2ccccc2)c2cccc(C(F)(F)F)c12. The van der Waals surface area contributed by atoms with Crippen LogP contribution in [0.3, 0.4) is 0 Å². The van der Waals surface area contributed by atoms with Gasteiger partial charge in [0.25, 0.3) is 0 Å². The zero-order valence-corrected chi connectivity index (χ0v) is 12.2. The normalized spacial score (nSPS) is 11.5. The van der Waals surface area contributed by atoms with Crippen molar-refractivity contribution >= 4 is 22.5 Å². The first kappa shape index (κ1) is 15.7. The molecular weight excluding hydrogens is 319 g/mol. The van der Waals surface area contributed by atoms with Gasteiger partial charge in [0.05, 0.1) is 5.56 Å². The molecular formula is C16H12F3N5. The first-order valence-electron chi connectivity index (χ1n) is 6.91. The fraction of sp³-hybridized carbons (Fsp3) is 0.0625. The maximum absolute atomic E-state index is 13.4. The Bertz CT molecular complexity index is 907. The van der Waals surface area contributed by atoms with E-state index in [1.165, 1.54) is 12.1 Å². The molecule has 0 atom stereocenters. The van der Waals surface area contributed by atoms with Crippen LogP contribution in [-0.2, 0) is 6.18 Å². The number of nitrogens with zero attached hydrogens (tertiary/aromatic N) is 2. The third-order valence-corrected chi connectivity index (χ3v) is 3.41. The van der Waals surface area contributed by atoms with Gasteiger partial charge in [-0.15, -0.1) is 10.2 Å². The van der Waals surface area contributed by atoms with Gasteiger partial charge in [-0.1, -0.05) is 42.5 Å². The minimum absolute atomic E-state index is 0.172. The molecule has 0 bridgehead atoms. The predicted octanol–water partition coefficient (Wildman–Crippen LogP) is 3.62. The van der Waals surface area contributed by atoms with Gasteiger partial charge in [-0.3, -0.25) is 5.41 Å². The third-order valence-electron chi connectivity index (χ3n) is 3.41. The lowest BCUT2D eigenvalue weighted by molar-refractivity contribution is -0.136. The molecule has 5 nitrogen and oxygen atoms in total. The zero-order valence-electron chi connectivity index (χ0n) is 12.2. The molecule has 24 heavy (non-hydrogen) atoms. The first-order valence-corrected chi connectivity index (χ1v) is 6.91. The Morgan fingerprint density at radius 3 is 2.33 bits per heavy atom. The van der Waals surface area contributed by atoms with Gasteiger partial charge in [-0.05, 0) is 6.07 Å². The zero-order chi connectivity index (χ0) is 17.3. The average molecular weight is 331 g/mol. The third kappa shape index (κ3) is 2.85. The van der Waals surface area contributed by atoms with E-state index in [-0.39, 0.29) is 16.6 Å². The predicted molar refractivity (Wildman–Crippen MR) is 85.5 cm³/mol. The highest BCUT2D eigenvalue weighted by molar-refractivity contribution is 6.06. The molecule has 0 aliphatic heterocycles. The fourth-order valence-corrected chi connectivity index (χ4v) is 2.47. The largest absolute Gasteiger partial charge is 0.417 e. The maximum Gasteiger partial charge on any atom is 0.417 e. The lowest BCUT2D eigenvalue weighted by Crippen LogP contribution is -2.22. The fourth-order valence-electron chi connectivity index (χ4n) is 2.47. The second-order valence-electron chi connectivity index (χ2n) is 5.03. The van der Waals surface area contributed by atoms with E-state index >= 15 is 0 Å². The summed E-state index contributed by atoms with van der Waals surface area (Å²) < 4.78 is 40.2. The van der Waals surface area contributed by atoms with Crippen molar-refractivity contribution in [2.24, 2.45) is 5.73 Å². The molecule has 1 heterocycles. The Balaban J connectivity index is 2.37. The van der Waals surface area contributed by atoms with Crippen LogP contribution in [-0.4, -0.2) is 16.2 Å². The van der Waals surface area contributed by atoms with Crippen LogP contribution in [0.5, 0.6) is 0 Å². The molecule has 0 amide bonds. The van der Waals surface area contributed by atoms with E-state index in [0.29, 0.717) is 11.3 Å². The highest BCUT2D eigenvalue weighted by atomic mass is 19.4. The number of benzene rings is 2. The lowest BCUT2D eigenvalue weighted by atomic mass is 10.0. The lowest BCUT2D eigenvalue weighted by Gasteiger charge is -2.15. The molecule has 1 aromatic heterocycles. The van der Waals surface area contributed by atoms with E-state index in [0.717, 1.165) is 6.07 Å². The van der Waals surface area contributed by atoms with E-state index in [1.54, 1.807) is 30.3 Å². The average Bonchev–Trinajstić information content (AvgIpc) is 2.54. The van der Waals surface area contributed by atoms with Crippen molar-refractivity contribution in [1.82, 2.24) is 10.2 Å².